The predicted molar refractivity (Wildman–Crippen MR) is 345 cm³/mol. The van der Waals surface area contributed by atoms with E-state index < -0.39 is 11.9 Å². The smallest absolute Gasteiger partial charge is 0.303 e. The van der Waals surface area contributed by atoms with Gasteiger partial charge in [0.05, 0.1) is 0 Å². The molecule has 0 aromatic rings. The minimum absolute atomic E-state index is 0.347. The summed E-state index contributed by atoms with van der Waals surface area (Å²) in [4.78, 5) is 20.9. The highest BCUT2D eigenvalue weighted by molar-refractivity contribution is 5.66. The molecule has 0 atom stereocenters. The molecular formula is C73H146O4. The Kier molecular flexibility index (Phi) is 75.9. The second-order valence-electron chi connectivity index (χ2n) is 25.3. The Morgan fingerprint density at radius 1 is 0.156 bits per heavy atom. The molecule has 77 heavy (non-hydrogen) atoms. The van der Waals surface area contributed by atoms with E-state index in [1.165, 1.54) is 405 Å². The second-order valence-corrected chi connectivity index (χ2v) is 25.3. The number of carbonyl (C=O) groups is 2. The van der Waals surface area contributed by atoms with Crippen molar-refractivity contribution in [1.29, 1.82) is 0 Å². The molecule has 0 fully saturated rings. The SMILES string of the molecule is CCCCCCCCCCCCCCCCCCCCCCCCCCCCCCCCCCCC(=O)O.CCCCCCCCCCCCCCCCCCCCCCCCCCCCCCCCCCCCC(=O)O. The maximum Gasteiger partial charge on any atom is 0.303 e. The van der Waals surface area contributed by atoms with Crippen molar-refractivity contribution in [3.8, 4) is 0 Å². The van der Waals surface area contributed by atoms with E-state index in [2.05, 4.69) is 13.8 Å². The number of rotatable bonds is 69. The van der Waals surface area contributed by atoms with E-state index in [-0.39, 0.29) is 0 Å². The third-order valence-electron chi connectivity index (χ3n) is 17.2. The van der Waals surface area contributed by atoms with E-state index in [1.54, 1.807) is 0 Å². The first-order valence-electron chi connectivity index (χ1n) is 36.5. The molecule has 0 saturated carbocycles. The minimum Gasteiger partial charge on any atom is -0.481 e. The lowest BCUT2D eigenvalue weighted by molar-refractivity contribution is -0.138. The first-order valence-corrected chi connectivity index (χ1v) is 36.5. The number of carboxylic acid groups (broad SMARTS) is 2. The Morgan fingerprint density at radius 3 is 0.312 bits per heavy atom. The summed E-state index contributed by atoms with van der Waals surface area (Å²) in [5.41, 5.74) is 0. The molecule has 0 rings (SSSR count). The number of carboxylic acids is 2. The van der Waals surface area contributed by atoms with Crippen LogP contribution in [0.1, 0.15) is 457 Å². The van der Waals surface area contributed by atoms with E-state index in [4.69, 9.17) is 10.2 Å². The van der Waals surface area contributed by atoms with Crippen LogP contribution in [0.2, 0.25) is 0 Å². The number of hydrogen-bond donors (Lipinski definition) is 2. The minimum atomic E-state index is -0.647. The topological polar surface area (TPSA) is 74.6 Å². The molecular weight excluding hydrogens is 941 g/mol. The van der Waals surface area contributed by atoms with Crippen LogP contribution >= 0.6 is 0 Å². The van der Waals surface area contributed by atoms with E-state index in [9.17, 15) is 9.59 Å². The number of hydrogen-bond acceptors (Lipinski definition) is 2. The fraction of sp³-hybridized carbons (Fsp3) is 0.973. The van der Waals surface area contributed by atoms with E-state index in [0.29, 0.717) is 12.8 Å². The highest BCUT2D eigenvalue weighted by Gasteiger charge is 2.02. The summed E-state index contributed by atoms with van der Waals surface area (Å²) in [6.07, 6.45) is 95.3. The zero-order chi connectivity index (χ0) is 55.9. The zero-order valence-corrected chi connectivity index (χ0v) is 53.5. The Labute approximate surface area is 486 Å². The van der Waals surface area contributed by atoms with Gasteiger partial charge in [-0.25, -0.2) is 0 Å². The number of aliphatic carboxylic acids is 2. The summed E-state index contributed by atoms with van der Waals surface area (Å²) in [5.74, 6) is -1.29. The monoisotopic (exact) mass is 1090 g/mol. The maximum absolute atomic E-state index is 10.5. The van der Waals surface area contributed by atoms with Gasteiger partial charge in [-0.1, -0.05) is 431 Å². The quantitative estimate of drug-likeness (QED) is 0.0595. The summed E-state index contributed by atoms with van der Waals surface area (Å²) < 4.78 is 0. The third-order valence-corrected chi connectivity index (χ3v) is 17.2. The van der Waals surface area contributed by atoms with Crippen molar-refractivity contribution in [3.63, 3.8) is 0 Å². The van der Waals surface area contributed by atoms with E-state index in [1.807, 2.05) is 0 Å². The van der Waals surface area contributed by atoms with Gasteiger partial charge in [0.25, 0.3) is 0 Å². The van der Waals surface area contributed by atoms with Crippen molar-refractivity contribution in [2.24, 2.45) is 0 Å². The molecule has 2 N–H and O–H groups in total. The van der Waals surface area contributed by atoms with Crippen LogP contribution in [-0.4, -0.2) is 22.2 Å². The van der Waals surface area contributed by atoms with Crippen molar-refractivity contribution < 1.29 is 19.8 Å². The van der Waals surface area contributed by atoms with Crippen molar-refractivity contribution in [3.05, 3.63) is 0 Å². The van der Waals surface area contributed by atoms with Gasteiger partial charge < -0.3 is 10.2 Å². The lowest BCUT2D eigenvalue weighted by Crippen LogP contribution is -1.93. The molecule has 0 saturated heterocycles. The highest BCUT2D eigenvalue weighted by Crippen LogP contribution is 2.20. The Hall–Kier alpha value is -1.06. The second kappa shape index (κ2) is 74.9. The molecule has 0 aliphatic heterocycles. The Morgan fingerprint density at radius 2 is 0.234 bits per heavy atom. The summed E-state index contributed by atoms with van der Waals surface area (Å²) >= 11 is 0. The summed E-state index contributed by atoms with van der Waals surface area (Å²) in [5, 5.41) is 17.3. The molecule has 0 heterocycles. The van der Waals surface area contributed by atoms with Gasteiger partial charge >= 0.3 is 11.9 Å². The van der Waals surface area contributed by atoms with Crippen molar-refractivity contribution in [2.45, 2.75) is 457 Å². The van der Waals surface area contributed by atoms with Gasteiger partial charge in [-0.2, -0.15) is 0 Å². The molecule has 4 nitrogen and oxygen atoms in total. The standard InChI is InChI=1S/C37H74O2.C36H72O2/c1-2-3-4-5-6-7-8-9-10-11-12-13-14-15-16-17-18-19-20-21-22-23-24-25-26-27-28-29-30-31-32-33-34-35-36-37(38)39;1-2-3-4-5-6-7-8-9-10-11-12-13-14-15-16-17-18-19-20-21-22-23-24-25-26-27-28-29-30-31-32-33-34-35-36(37)38/h2-36H2,1H3,(H,38,39);2-35H2,1H3,(H,37,38). The lowest BCUT2D eigenvalue weighted by Gasteiger charge is -2.05. The molecule has 0 bridgehead atoms. The summed E-state index contributed by atoms with van der Waals surface area (Å²) in [6.45, 7) is 4.60. The molecule has 0 aliphatic carbocycles. The van der Waals surface area contributed by atoms with Crippen LogP contribution in [0.3, 0.4) is 0 Å². The summed E-state index contributed by atoms with van der Waals surface area (Å²) in [6, 6.07) is 0. The van der Waals surface area contributed by atoms with Gasteiger partial charge in [0, 0.05) is 12.8 Å². The normalized spacial score (nSPS) is 11.4. The average Bonchev–Trinajstić information content (AvgIpc) is 3.42. The van der Waals surface area contributed by atoms with Gasteiger partial charge in [0.15, 0.2) is 0 Å². The predicted octanol–water partition coefficient (Wildman–Crippen LogP) is 27.1. The number of unbranched alkanes of at least 4 members (excludes halogenated alkanes) is 65. The van der Waals surface area contributed by atoms with Crippen LogP contribution in [0.15, 0.2) is 0 Å². The van der Waals surface area contributed by atoms with Gasteiger partial charge in [0.1, 0.15) is 0 Å². The maximum atomic E-state index is 10.5. The van der Waals surface area contributed by atoms with Crippen LogP contribution in [0.4, 0.5) is 0 Å². The van der Waals surface area contributed by atoms with Gasteiger partial charge in [-0.15, -0.1) is 0 Å². The van der Waals surface area contributed by atoms with Crippen molar-refractivity contribution in [1.82, 2.24) is 0 Å². The van der Waals surface area contributed by atoms with Gasteiger partial charge in [-0.3, -0.25) is 9.59 Å². The summed E-state index contributed by atoms with van der Waals surface area (Å²) in [7, 11) is 0. The fourth-order valence-electron chi connectivity index (χ4n) is 11.8. The van der Waals surface area contributed by atoms with Crippen LogP contribution in [0.25, 0.3) is 0 Å². The molecule has 0 aromatic carbocycles. The van der Waals surface area contributed by atoms with Gasteiger partial charge in [0.2, 0.25) is 0 Å². The molecule has 0 unspecified atom stereocenters. The van der Waals surface area contributed by atoms with Crippen LogP contribution in [-0.2, 0) is 9.59 Å². The van der Waals surface area contributed by atoms with Gasteiger partial charge in [-0.05, 0) is 12.8 Å². The van der Waals surface area contributed by atoms with Crippen LogP contribution < -0.4 is 0 Å². The Bertz CT molecular complexity index is 1040. The van der Waals surface area contributed by atoms with Crippen LogP contribution in [0, 0.1) is 0 Å². The molecule has 4 heteroatoms. The third kappa shape index (κ3) is 81.5. The zero-order valence-electron chi connectivity index (χ0n) is 53.5. The molecule has 0 spiro atoms. The molecule has 462 valence electrons. The average molecular weight is 1090 g/mol. The highest BCUT2D eigenvalue weighted by atomic mass is 16.4. The molecule has 0 amide bonds. The van der Waals surface area contributed by atoms with Crippen LogP contribution in [0.5, 0.6) is 0 Å². The lowest BCUT2D eigenvalue weighted by atomic mass is 10.0. The van der Waals surface area contributed by atoms with E-state index >= 15 is 0 Å². The molecule has 0 aliphatic rings. The van der Waals surface area contributed by atoms with E-state index in [0.717, 1.165) is 25.7 Å². The largest absolute Gasteiger partial charge is 0.481 e. The first-order chi connectivity index (χ1) is 38.0. The fourth-order valence-corrected chi connectivity index (χ4v) is 11.8. The molecule has 0 aromatic heterocycles. The Balaban J connectivity index is 0. The first kappa shape index (κ1) is 78.0. The van der Waals surface area contributed by atoms with Crippen molar-refractivity contribution in [2.75, 3.05) is 0 Å². The van der Waals surface area contributed by atoms with Crippen molar-refractivity contribution >= 4 is 11.9 Å². The molecule has 0 radical (unpaired) electrons.